The fourth-order valence-electron chi connectivity index (χ4n) is 8.18. The number of fused-ring (bicyclic) bond motifs is 2. The van der Waals surface area contributed by atoms with E-state index in [2.05, 4.69) is 89.5 Å². The molecule has 1 N–H and O–H groups in total. The van der Waals surface area contributed by atoms with Gasteiger partial charge < -0.3 is 10.2 Å². The molecule has 3 fully saturated rings. The number of hydrogen-bond donors (Lipinski definition) is 1. The third-order valence-corrected chi connectivity index (χ3v) is 11.9. The van der Waals surface area contributed by atoms with Crippen LogP contribution in [0.4, 0.5) is 11.4 Å². The van der Waals surface area contributed by atoms with Crippen molar-refractivity contribution in [2.45, 2.75) is 77.2 Å². The average Bonchev–Trinajstić information content (AvgIpc) is 3.20. The number of pyridine rings is 2. The Hall–Kier alpha value is -5.62. The molecular weight excluding hydrogens is 689 g/mol. The van der Waals surface area contributed by atoms with Crippen molar-refractivity contribution in [2.75, 3.05) is 10.2 Å². The number of β-lactam (4-membered cyclic amide) rings is 1. The van der Waals surface area contributed by atoms with Gasteiger partial charge in [-0.2, -0.15) is 0 Å². The Balaban J connectivity index is 0.000000151. The van der Waals surface area contributed by atoms with Crippen LogP contribution in [0.2, 0.25) is 0 Å². The molecule has 0 bridgehead atoms. The molecule has 9 rings (SSSR count). The minimum atomic E-state index is -0.116. The van der Waals surface area contributed by atoms with Gasteiger partial charge in [-0.15, -0.1) is 6.58 Å². The third-order valence-electron chi connectivity index (χ3n) is 11.9. The minimum Gasteiger partial charge on any atom is -0.324 e. The third kappa shape index (κ3) is 9.42. The number of rotatable bonds is 11. The Bertz CT molecular complexity index is 2200. The van der Waals surface area contributed by atoms with Crippen molar-refractivity contribution in [1.82, 2.24) is 9.97 Å². The second kappa shape index (κ2) is 18.8. The summed E-state index contributed by atoms with van der Waals surface area (Å²) in [4.78, 5) is 36.7. The molecule has 1 aliphatic heterocycles. The van der Waals surface area contributed by atoms with Gasteiger partial charge in [-0.25, -0.2) is 0 Å². The smallest absolute Gasteiger partial charge is 0.232 e. The van der Waals surface area contributed by atoms with Crippen LogP contribution in [-0.4, -0.2) is 27.8 Å². The highest BCUT2D eigenvalue weighted by molar-refractivity contribution is 6.08. The van der Waals surface area contributed by atoms with Crippen LogP contribution in [0.25, 0.3) is 21.8 Å². The molecule has 2 aromatic heterocycles. The quantitative estimate of drug-likeness (QED) is 0.106. The van der Waals surface area contributed by atoms with Crippen molar-refractivity contribution in [1.29, 1.82) is 0 Å². The molecule has 56 heavy (non-hydrogen) atoms. The van der Waals surface area contributed by atoms with Gasteiger partial charge in [0.2, 0.25) is 11.8 Å². The molecule has 4 aromatic carbocycles. The van der Waals surface area contributed by atoms with Crippen molar-refractivity contribution in [2.24, 2.45) is 23.7 Å². The van der Waals surface area contributed by atoms with Crippen LogP contribution in [0.15, 0.2) is 146 Å². The van der Waals surface area contributed by atoms with Gasteiger partial charge >= 0.3 is 0 Å². The van der Waals surface area contributed by atoms with Crippen LogP contribution >= 0.6 is 0 Å². The van der Waals surface area contributed by atoms with Crippen LogP contribution in [-0.2, 0) is 16.0 Å². The first kappa shape index (κ1) is 38.6. The minimum absolute atomic E-state index is 0.0232. The molecule has 3 atom stereocenters. The Morgan fingerprint density at radius 2 is 1.38 bits per heavy atom. The summed E-state index contributed by atoms with van der Waals surface area (Å²) in [6, 6.07) is 41.1. The normalized spacial score (nSPS) is 18.2. The topological polar surface area (TPSA) is 75.2 Å². The number of hydrogen-bond acceptors (Lipinski definition) is 4. The molecule has 286 valence electrons. The van der Waals surface area contributed by atoms with E-state index in [1.54, 1.807) is 12.3 Å². The molecule has 2 aliphatic carbocycles. The van der Waals surface area contributed by atoms with E-state index in [0.717, 1.165) is 64.8 Å². The fraction of sp³-hybridized carbons (Fsp3) is 0.320. The molecule has 3 unspecified atom stereocenters. The predicted octanol–water partition coefficient (Wildman–Crippen LogP) is 11.5. The lowest BCUT2D eigenvalue weighted by molar-refractivity contribution is -0.131. The standard InChI is InChI=1S/C25H26N2O.C18H20N2O.C7H8/c28-25-21(17-19-9-4-10-19)22(15-14-18-7-2-1-3-8-18)27(25)23-13-5-11-20-12-6-16-26-24(20)23;1-2-14(12-13-6-3-7-13)18(21)20-16-10-4-8-15-9-5-11-19-17(15)16;1-7-5-3-2-4-6-7/h1-3,5-8,11-13,16,19,21-22H,4,9-10,14-15,17H2;2,4-5,8-11,13-14H,1,3,6-7,12H2,(H,20,21);2-6H,1H3. The molecule has 0 spiro atoms. The predicted molar refractivity (Wildman–Crippen MR) is 230 cm³/mol. The first-order valence-electron chi connectivity index (χ1n) is 20.5. The summed E-state index contributed by atoms with van der Waals surface area (Å²) in [7, 11) is 0. The maximum atomic E-state index is 13.2. The number of aryl methyl sites for hydroxylation is 2. The van der Waals surface area contributed by atoms with Crippen molar-refractivity contribution in [3.05, 3.63) is 158 Å². The van der Waals surface area contributed by atoms with Gasteiger partial charge in [0.15, 0.2) is 0 Å². The van der Waals surface area contributed by atoms with Gasteiger partial charge in [0.25, 0.3) is 0 Å². The van der Waals surface area contributed by atoms with E-state index < -0.39 is 0 Å². The van der Waals surface area contributed by atoms with Gasteiger partial charge in [-0.1, -0.05) is 147 Å². The number of carbonyl (C=O) groups is 2. The molecule has 3 heterocycles. The SMILES string of the molecule is C=CC(CC1CCC1)C(=O)Nc1cccc2cccnc12.Cc1ccccc1.O=C1C(CC2CCC2)C(CCc2ccccc2)N1c1cccc2cccnc12. The first-order chi connectivity index (χ1) is 27.5. The summed E-state index contributed by atoms with van der Waals surface area (Å²) in [5.74, 6) is 1.81. The van der Waals surface area contributed by atoms with Gasteiger partial charge in [0, 0.05) is 29.2 Å². The van der Waals surface area contributed by atoms with Gasteiger partial charge in [-0.3, -0.25) is 19.6 Å². The highest BCUT2D eigenvalue weighted by Crippen LogP contribution is 2.44. The Labute approximate surface area is 332 Å². The average molecular weight is 743 g/mol. The van der Waals surface area contributed by atoms with E-state index in [4.69, 9.17) is 0 Å². The zero-order chi connectivity index (χ0) is 38.7. The van der Waals surface area contributed by atoms with Gasteiger partial charge in [-0.05, 0) is 74.3 Å². The summed E-state index contributed by atoms with van der Waals surface area (Å²) in [6.45, 7) is 5.90. The molecule has 2 amide bonds. The Morgan fingerprint density at radius 3 is 1.98 bits per heavy atom. The van der Waals surface area contributed by atoms with Crippen molar-refractivity contribution in [3.63, 3.8) is 0 Å². The molecule has 2 saturated carbocycles. The van der Waals surface area contributed by atoms with Crippen molar-refractivity contribution < 1.29 is 9.59 Å². The number of para-hydroxylation sites is 2. The summed E-state index contributed by atoms with van der Waals surface area (Å²) < 4.78 is 0. The summed E-state index contributed by atoms with van der Waals surface area (Å²) in [5, 5.41) is 5.14. The lowest BCUT2D eigenvalue weighted by atomic mass is 9.72. The number of anilines is 2. The number of benzene rings is 4. The molecule has 6 heteroatoms. The van der Waals surface area contributed by atoms with Gasteiger partial charge in [0.05, 0.1) is 34.2 Å². The number of aromatic nitrogens is 2. The molecule has 0 radical (unpaired) electrons. The van der Waals surface area contributed by atoms with E-state index in [-0.39, 0.29) is 23.8 Å². The van der Waals surface area contributed by atoms with Crippen LogP contribution in [0.1, 0.15) is 68.9 Å². The highest BCUT2D eigenvalue weighted by Gasteiger charge is 2.49. The summed E-state index contributed by atoms with van der Waals surface area (Å²) in [6.07, 6.45) is 17.0. The van der Waals surface area contributed by atoms with E-state index in [0.29, 0.717) is 11.8 Å². The number of amides is 2. The maximum Gasteiger partial charge on any atom is 0.232 e. The number of nitrogens with one attached hydrogen (secondary N) is 1. The van der Waals surface area contributed by atoms with E-state index in [1.165, 1.54) is 49.7 Å². The lowest BCUT2D eigenvalue weighted by Gasteiger charge is -2.49. The molecular formula is C50H54N4O2. The lowest BCUT2D eigenvalue weighted by Crippen LogP contribution is -2.62. The van der Waals surface area contributed by atoms with Crippen LogP contribution in [0.3, 0.4) is 0 Å². The van der Waals surface area contributed by atoms with Crippen LogP contribution in [0, 0.1) is 30.6 Å². The summed E-state index contributed by atoms with van der Waals surface area (Å²) >= 11 is 0. The zero-order valence-corrected chi connectivity index (χ0v) is 32.6. The highest BCUT2D eigenvalue weighted by atomic mass is 16.2. The molecule has 1 saturated heterocycles. The molecule has 3 aliphatic rings. The fourth-order valence-corrected chi connectivity index (χ4v) is 8.18. The van der Waals surface area contributed by atoms with E-state index in [9.17, 15) is 9.59 Å². The maximum absolute atomic E-state index is 13.2. The number of nitrogens with zero attached hydrogens (tertiary/aromatic N) is 3. The van der Waals surface area contributed by atoms with Crippen molar-refractivity contribution in [3.8, 4) is 0 Å². The molecule has 6 nitrogen and oxygen atoms in total. The van der Waals surface area contributed by atoms with Crippen molar-refractivity contribution >= 4 is 45.0 Å². The molecule has 6 aromatic rings. The Morgan fingerprint density at radius 1 is 0.768 bits per heavy atom. The van der Waals surface area contributed by atoms with Crippen LogP contribution in [0.5, 0.6) is 0 Å². The Kier molecular flexibility index (Phi) is 13.0. The second-order valence-electron chi connectivity index (χ2n) is 15.7. The largest absolute Gasteiger partial charge is 0.324 e. The second-order valence-corrected chi connectivity index (χ2v) is 15.7. The monoisotopic (exact) mass is 742 g/mol. The van der Waals surface area contributed by atoms with E-state index in [1.807, 2.05) is 71.8 Å². The number of carbonyl (C=O) groups excluding carboxylic acids is 2. The first-order valence-corrected chi connectivity index (χ1v) is 20.5. The van der Waals surface area contributed by atoms with E-state index >= 15 is 0 Å². The zero-order valence-electron chi connectivity index (χ0n) is 32.6. The summed E-state index contributed by atoms with van der Waals surface area (Å²) in [5.41, 5.74) is 6.19. The van der Waals surface area contributed by atoms with Crippen LogP contribution < -0.4 is 10.2 Å². The van der Waals surface area contributed by atoms with Gasteiger partial charge in [0.1, 0.15) is 0 Å².